The Hall–Kier alpha value is -4.36. The summed E-state index contributed by atoms with van der Waals surface area (Å²) in [6.07, 6.45) is 0.536. The largest absolute Gasteiger partial charge is 0.493 e. The lowest BCUT2D eigenvalue weighted by Crippen LogP contribution is -2.26. The summed E-state index contributed by atoms with van der Waals surface area (Å²) in [4.78, 5) is 31.0. The van der Waals surface area contributed by atoms with E-state index < -0.39 is 17.6 Å². The van der Waals surface area contributed by atoms with Crippen molar-refractivity contribution in [2.75, 3.05) is 19.1 Å². The first-order chi connectivity index (χ1) is 16.9. The van der Waals surface area contributed by atoms with Crippen molar-refractivity contribution in [1.82, 2.24) is 9.97 Å². The van der Waals surface area contributed by atoms with Crippen molar-refractivity contribution in [2.45, 2.75) is 20.0 Å². The maximum Gasteiger partial charge on any atom is 0.347 e. The first-order valence-corrected chi connectivity index (χ1v) is 10.9. The summed E-state index contributed by atoms with van der Waals surface area (Å²) < 4.78 is 15.9. The van der Waals surface area contributed by atoms with E-state index in [9.17, 15) is 14.9 Å². The van der Waals surface area contributed by atoms with Gasteiger partial charge in [0.05, 0.1) is 30.6 Å². The van der Waals surface area contributed by atoms with Crippen LogP contribution in [0.3, 0.4) is 0 Å². The Kier molecular flexibility index (Phi) is 8.43. The zero-order valence-corrected chi connectivity index (χ0v) is 19.9. The minimum Gasteiger partial charge on any atom is -0.493 e. The van der Waals surface area contributed by atoms with Crippen LogP contribution in [0.15, 0.2) is 52.4 Å². The fraction of sp³-hybridized carbons (Fsp3) is 0.208. The van der Waals surface area contributed by atoms with Gasteiger partial charge in [0.1, 0.15) is 11.6 Å². The Morgan fingerprint density at radius 3 is 2.74 bits per heavy atom. The second-order valence-electron chi connectivity index (χ2n) is 7.03. The molecule has 1 unspecified atom stereocenters. The van der Waals surface area contributed by atoms with Crippen molar-refractivity contribution in [2.24, 2.45) is 5.10 Å². The third-order valence-electron chi connectivity index (χ3n) is 4.63. The molecule has 1 heterocycles. The van der Waals surface area contributed by atoms with E-state index in [1.807, 2.05) is 12.1 Å². The number of aromatic amines is 1. The standard InChI is InChI=1S/C24H22ClN5O5/c1-4-34-23(32)14(2)35-21-18(25)10-15(11-19(21)33-3)13-27-30-24-28-20(16-8-6-5-7-9-16)17(12-26)22(31)29-24/h5-11,13-14H,4H2,1-3H3,(H2,28,29,30,31). The smallest absolute Gasteiger partial charge is 0.347 e. The summed E-state index contributed by atoms with van der Waals surface area (Å²) in [7, 11) is 1.43. The van der Waals surface area contributed by atoms with Gasteiger partial charge in [-0.25, -0.2) is 15.2 Å². The summed E-state index contributed by atoms with van der Waals surface area (Å²) in [5, 5.41) is 13.6. The lowest BCUT2D eigenvalue weighted by molar-refractivity contribution is -0.150. The highest BCUT2D eigenvalue weighted by Crippen LogP contribution is 2.37. The van der Waals surface area contributed by atoms with E-state index in [0.717, 1.165) is 0 Å². The molecule has 0 saturated heterocycles. The van der Waals surface area contributed by atoms with Crippen LogP contribution in [0.2, 0.25) is 5.02 Å². The van der Waals surface area contributed by atoms with Crippen molar-refractivity contribution in [3.63, 3.8) is 0 Å². The molecule has 10 nitrogen and oxygen atoms in total. The van der Waals surface area contributed by atoms with Crippen molar-refractivity contribution in [3.05, 3.63) is 69.0 Å². The highest BCUT2D eigenvalue weighted by Gasteiger charge is 2.20. The van der Waals surface area contributed by atoms with Gasteiger partial charge in [-0.2, -0.15) is 10.4 Å². The maximum absolute atomic E-state index is 12.4. The molecule has 2 aromatic carbocycles. The number of halogens is 1. The number of methoxy groups -OCH3 is 1. The van der Waals surface area contributed by atoms with Crippen LogP contribution in [0, 0.1) is 11.3 Å². The van der Waals surface area contributed by atoms with E-state index >= 15 is 0 Å². The topological polar surface area (TPSA) is 139 Å². The molecule has 0 fully saturated rings. The van der Waals surface area contributed by atoms with Crippen LogP contribution < -0.4 is 20.5 Å². The van der Waals surface area contributed by atoms with Gasteiger partial charge in [0, 0.05) is 5.56 Å². The molecule has 0 saturated carbocycles. The van der Waals surface area contributed by atoms with Gasteiger partial charge >= 0.3 is 5.97 Å². The third kappa shape index (κ3) is 6.16. The molecule has 0 spiro atoms. The average Bonchev–Trinajstić information content (AvgIpc) is 2.85. The van der Waals surface area contributed by atoms with E-state index in [0.29, 0.717) is 11.1 Å². The van der Waals surface area contributed by atoms with Gasteiger partial charge in [0.2, 0.25) is 5.95 Å². The number of esters is 1. The minimum atomic E-state index is -0.888. The molecule has 35 heavy (non-hydrogen) atoms. The molecular formula is C24H22ClN5O5. The summed E-state index contributed by atoms with van der Waals surface area (Å²) in [6, 6.07) is 13.9. The zero-order valence-electron chi connectivity index (χ0n) is 19.2. The Balaban J connectivity index is 1.83. The van der Waals surface area contributed by atoms with Crippen LogP contribution in [-0.2, 0) is 9.53 Å². The van der Waals surface area contributed by atoms with Gasteiger partial charge < -0.3 is 14.2 Å². The summed E-state index contributed by atoms with van der Waals surface area (Å²) >= 11 is 6.35. The molecule has 0 aliphatic carbocycles. The third-order valence-corrected chi connectivity index (χ3v) is 4.91. The number of ether oxygens (including phenoxy) is 3. The molecule has 11 heteroatoms. The Morgan fingerprint density at radius 2 is 2.09 bits per heavy atom. The Bertz CT molecular complexity index is 1330. The van der Waals surface area contributed by atoms with Gasteiger partial charge in [0.15, 0.2) is 17.6 Å². The SMILES string of the molecule is CCOC(=O)C(C)Oc1c(Cl)cc(C=NNc2nc(-c3ccccc3)c(C#N)c(=O)[nH]2)cc1OC. The number of rotatable bonds is 9. The van der Waals surface area contributed by atoms with Crippen LogP contribution >= 0.6 is 11.6 Å². The number of hydrogen-bond donors (Lipinski definition) is 2. The van der Waals surface area contributed by atoms with Gasteiger partial charge in [-0.15, -0.1) is 0 Å². The number of benzene rings is 2. The van der Waals surface area contributed by atoms with Crippen molar-refractivity contribution < 1.29 is 19.0 Å². The van der Waals surface area contributed by atoms with E-state index in [1.165, 1.54) is 13.3 Å². The van der Waals surface area contributed by atoms with Gasteiger partial charge in [-0.3, -0.25) is 9.78 Å². The highest BCUT2D eigenvalue weighted by molar-refractivity contribution is 6.32. The fourth-order valence-corrected chi connectivity index (χ4v) is 3.28. The summed E-state index contributed by atoms with van der Waals surface area (Å²) in [5.41, 5.74) is 3.33. The Morgan fingerprint density at radius 1 is 1.34 bits per heavy atom. The van der Waals surface area contributed by atoms with Crippen LogP contribution in [0.25, 0.3) is 11.3 Å². The number of H-pyrrole nitrogens is 1. The number of nitriles is 1. The molecule has 0 aliphatic rings. The normalized spacial score (nSPS) is 11.5. The molecule has 0 radical (unpaired) electrons. The number of hydrogen-bond acceptors (Lipinski definition) is 9. The molecule has 3 rings (SSSR count). The lowest BCUT2D eigenvalue weighted by atomic mass is 10.1. The van der Waals surface area contributed by atoms with Gasteiger partial charge in [-0.05, 0) is 31.5 Å². The molecule has 2 N–H and O–H groups in total. The summed E-state index contributed by atoms with van der Waals surface area (Å²) in [5.74, 6) is -0.0126. The van der Waals surface area contributed by atoms with E-state index in [1.54, 1.807) is 50.2 Å². The quantitative estimate of drug-likeness (QED) is 0.260. The molecule has 1 aromatic heterocycles. The van der Waals surface area contributed by atoms with Crippen LogP contribution in [0.1, 0.15) is 25.0 Å². The number of aromatic nitrogens is 2. The summed E-state index contributed by atoms with van der Waals surface area (Å²) in [6.45, 7) is 3.47. The van der Waals surface area contributed by atoms with Crippen molar-refractivity contribution in [3.8, 4) is 28.8 Å². The van der Waals surface area contributed by atoms with Crippen LogP contribution in [0.4, 0.5) is 5.95 Å². The predicted molar refractivity (Wildman–Crippen MR) is 131 cm³/mol. The molecule has 1 atom stereocenters. The number of nitrogens with one attached hydrogen (secondary N) is 2. The maximum atomic E-state index is 12.4. The number of carbonyl (C=O) groups is 1. The zero-order chi connectivity index (χ0) is 25.4. The van der Waals surface area contributed by atoms with Gasteiger partial charge in [-0.1, -0.05) is 41.9 Å². The highest BCUT2D eigenvalue weighted by atomic mass is 35.5. The van der Waals surface area contributed by atoms with E-state index in [4.69, 9.17) is 25.8 Å². The number of hydrazone groups is 1. The monoisotopic (exact) mass is 495 g/mol. The van der Waals surface area contributed by atoms with E-state index in [2.05, 4.69) is 20.5 Å². The molecule has 180 valence electrons. The Labute approximate surface area is 206 Å². The molecule has 0 bridgehead atoms. The predicted octanol–water partition coefficient (Wildman–Crippen LogP) is 3.75. The minimum absolute atomic E-state index is 0.0466. The van der Waals surface area contributed by atoms with Crippen molar-refractivity contribution >= 4 is 29.7 Å². The molecule has 0 aliphatic heterocycles. The number of anilines is 1. The molecule has 3 aromatic rings. The second kappa shape index (κ2) is 11.7. The van der Waals surface area contributed by atoms with E-state index in [-0.39, 0.29) is 40.3 Å². The number of nitrogens with zero attached hydrogens (tertiary/aromatic N) is 3. The molecular weight excluding hydrogens is 474 g/mol. The van der Waals surface area contributed by atoms with Crippen molar-refractivity contribution in [1.29, 1.82) is 5.26 Å². The number of carbonyl (C=O) groups excluding carboxylic acids is 1. The first kappa shape index (κ1) is 25.3. The van der Waals surface area contributed by atoms with Crippen LogP contribution in [-0.4, -0.2) is 42.0 Å². The second-order valence-corrected chi connectivity index (χ2v) is 7.44. The van der Waals surface area contributed by atoms with Gasteiger partial charge in [0.25, 0.3) is 5.56 Å². The fourth-order valence-electron chi connectivity index (χ4n) is 3.02. The van der Waals surface area contributed by atoms with Crippen LogP contribution in [0.5, 0.6) is 11.5 Å². The molecule has 0 amide bonds. The lowest BCUT2D eigenvalue weighted by Gasteiger charge is -2.17. The first-order valence-electron chi connectivity index (χ1n) is 10.5. The average molecular weight is 496 g/mol.